The smallest absolute Gasteiger partial charge is 0.337 e. The van der Waals surface area contributed by atoms with Gasteiger partial charge < -0.3 is 10.4 Å². The monoisotopic (exact) mass is 345 g/mol. The molecule has 1 amide bonds. The van der Waals surface area contributed by atoms with E-state index >= 15 is 0 Å². The molecule has 0 heterocycles. The quantitative estimate of drug-likeness (QED) is 0.823. The summed E-state index contributed by atoms with van der Waals surface area (Å²) in [4.78, 5) is 22.9. The number of carbonyl (C=O) groups excluding carboxylic acids is 1. The van der Waals surface area contributed by atoms with Gasteiger partial charge in [0.25, 0.3) is 0 Å². The molecule has 0 saturated heterocycles. The molecule has 1 aliphatic rings. The Labute approximate surface area is 133 Å². The summed E-state index contributed by atoms with van der Waals surface area (Å²) in [6.07, 6.45) is 2.71. The molecule has 120 valence electrons. The zero-order chi connectivity index (χ0) is 16.5. The van der Waals surface area contributed by atoms with Gasteiger partial charge in [0.1, 0.15) is 9.84 Å². The molecule has 8 heteroatoms. The van der Waals surface area contributed by atoms with Gasteiger partial charge in [-0.3, -0.25) is 4.79 Å². The largest absolute Gasteiger partial charge is 0.478 e. The second kappa shape index (κ2) is 5.89. The van der Waals surface area contributed by atoms with Crippen LogP contribution in [0.5, 0.6) is 0 Å². The van der Waals surface area contributed by atoms with Crippen molar-refractivity contribution in [3.05, 3.63) is 28.8 Å². The number of sulfone groups is 1. The van der Waals surface area contributed by atoms with Crippen molar-refractivity contribution in [1.29, 1.82) is 0 Å². The van der Waals surface area contributed by atoms with E-state index in [1.165, 1.54) is 18.2 Å². The van der Waals surface area contributed by atoms with E-state index in [0.29, 0.717) is 18.5 Å². The normalized spacial score (nSPS) is 16.1. The topological polar surface area (TPSA) is 101 Å². The first-order valence-corrected chi connectivity index (χ1v) is 9.05. The van der Waals surface area contributed by atoms with Crippen molar-refractivity contribution in [3.8, 4) is 0 Å². The van der Waals surface area contributed by atoms with Crippen LogP contribution in [0, 0.1) is 5.41 Å². The molecule has 0 spiro atoms. The Bertz CT molecular complexity index is 725. The lowest BCUT2D eigenvalue weighted by Gasteiger charge is -2.14. The average Bonchev–Trinajstić information content (AvgIpc) is 3.04. The molecule has 0 atom stereocenters. The number of nitrogens with one attached hydrogen (secondary N) is 1. The predicted molar refractivity (Wildman–Crippen MR) is 83.0 cm³/mol. The predicted octanol–water partition coefficient (Wildman–Crippen LogP) is 2.19. The van der Waals surface area contributed by atoms with Gasteiger partial charge >= 0.3 is 5.97 Å². The van der Waals surface area contributed by atoms with E-state index in [4.69, 9.17) is 16.7 Å². The standard InChI is InChI=1S/C14H16ClNO5S/c1-22(20,21)8-14(4-5-14)7-12(17)16-9-2-3-10(13(18)19)11(15)6-9/h2-3,6H,4-5,7-8H2,1H3,(H,16,17)(H,18,19). The molecule has 0 bridgehead atoms. The molecule has 22 heavy (non-hydrogen) atoms. The SMILES string of the molecule is CS(=O)(=O)CC1(CC(=O)Nc2ccc(C(=O)O)c(Cl)c2)CC1. The van der Waals surface area contributed by atoms with Crippen molar-refractivity contribution < 1.29 is 23.1 Å². The summed E-state index contributed by atoms with van der Waals surface area (Å²) in [5.74, 6) is -1.44. The maximum atomic E-state index is 12.0. The minimum absolute atomic E-state index is 0.00608. The second-order valence-corrected chi connectivity index (χ2v) is 8.34. The van der Waals surface area contributed by atoms with Gasteiger partial charge in [-0.05, 0) is 36.5 Å². The van der Waals surface area contributed by atoms with Gasteiger partial charge in [0.2, 0.25) is 5.91 Å². The number of carbonyl (C=O) groups is 2. The van der Waals surface area contributed by atoms with Crippen LogP contribution in [0.25, 0.3) is 0 Å². The summed E-state index contributed by atoms with van der Waals surface area (Å²) in [6, 6.07) is 4.12. The van der Waals surface area contributed by atoms with Gasteiger partial charge in [-0.25, -0.2) is 13.2 Å². The van der Waals surface area contributed by atoms with Crippen molar-refractivity contribution in [2.45, 2.75) is 19.3 Å². The molecule has 2 rings (SSSR count). The number of halogens is 1. The van der Waals surface area contributed by atoms with Crippen LogP contribution in [-0.2, 0) is 14.6 Å². The van der Waals surface area contributed by atoms with Gasteiger partial charge in [-0.15, -0.1) is 0 Å². The molecular formula is C14H16ClNO5S. The van der Waals surface area contributed by atoms with Gasteiger partial charge in [0.15, 0.2) is 0 Å². The highest BCUT2D eigenvalue weighted by molar-refractivity contribution is 7.90. The molecule has 1 aliphatic carbocycles. The number of hydrogen-bond donors (Lipinski definition) is 2. The zero-order valence-electron chi connectivity index (χ0n) is 11.9. The van der Waals surface area contributed by atoms with E-state index in [2.05, 4.69) is 5.32 Å². The lowest BCUT2D eigenvalue weighted by atomic mass is 10.1. The van der Waals surface area contributed by atoms with E-state index in [-0.39, 0.29) is 28.7 Å². The second-order valence-electron chi connectivity index (χ2n) is 5.79. The Balaban J connectivity index is 2.01. The summed E-state index contributed by atoms with van der Waals surface area (Å²) < 4.78 is 22.7. The fourth-order valence-electron chi connectivity index (χ4n) is 2.42. The number of aromatic carboxylic acids is 1. The van der Waals surface area contributed by atoms with Crippen LogP contribution in [0.15, 0.2) is 18.2 Å². The molecule has 2 N–H and O–H groups in total. The first-order chi connectivity index (χ1) is 10.1. The number of carboxylic acids is 1. The summed E-state index contributed by atoms with van der Waals surface area (Å²) in [6.45, 7) is 0. The van der Waals surface area contributed by atoms with Gasteiger partial charge in [-0.2, -0.15) is 0 Å². The third-order valence-corrected chi connectivity index (χ3v) is 4.99. The van der Waals surface area contributed by atoms with Gasteiger partial charge in [0.05, 0.1) is 16.3 Å². The van der Waals surface area contributed by atoms with Crippen molar-refractivity contribution >= 4 is 39.0 Å². The zero-order valence-corrected chi connectivity index (χ0v) is 13.5. The number of rotatable bonds is 6. The fourth-order valence-corrected chi connectivity index (χ4v) is 4.18. The summed E-state index contributed by atoms with van der Waals surface area (Å²) in [5.41, 5.74) is -0.117. The number of anilines is 1. The minimum atomic E-state index is -3.13. The lowest BCUT2D eigenvalue weighted by Crippen LogP contribution is -2.23. The lowest BCUT2D eigenvalue weighted by molar-refractivity contribution is -0.117. The molecule has 1 aromatic carbocycles. The molecule has 1 aromatic rings. The van der Waals surface area contributed by atoms with Crippen LogP contribution in [0.2, 0.25) is 5.02 Å². The first-order valence-electron chi connectivity index (χ1n) is 6.61. The van der Waals surface area contributed by atoms with Crippen LogP contribution in [0.4, 0.5) is 5.69 Å². The summed E-state index contributed by atoms with van der Waals surface area (Å²) in [7, 11) is -3.13. The maximum absolute atomic E-state index is 12.0. The van der Waals surface area contributed by atoms with E-state index in [1.807, 2.05) is 0 Å². The Morgan fingerprint density at radius 1 is 1.36 bits per heavy atom. The van der Waals surface area contributed by atoms with E-state index in [9.17, 15) is 18.0 Å². The maximum Gasteiger partial charge on any atom is 0.337 e. The summed E-state index contributed by atoms with van der Waals surface area (Å²) in [5, 5.41) is 11.5. The highest BCUT2D eigenvalue weighted by Gasteiger charge is 2.46. The Kier molecular flexibility index (Phi) is 4.49. The van der Waals surface area contributed by atoms with E-state index < -0.39 is 21.2 Å². The molecule has 0 unspecified atom stereocenters. The molecule has 6 nitrogen and oxygen atoms in total. The highest BCUT2D eigenvalue weighted by Crippen LogP contribution is 2.49. The number of benzene rings is 1. The summed E-state index contributed by atoms with van der Waals surface area (Å²) >= 11 is 5.83. The van der Waals surface area contributed by atoms with Gasteiger partial charge in [0, 0.05) is 18.4 Å². The fraction of sp³-hybridized carbons (Fsp3) is 0.429. The Morgan fingerprint density at radius 3 is 2.45 bits per heavy atom. The highest BCUT2D eigenvalue weighted by atomic mass is 35.5. The molecule has 0 aromatic heterocycles. The van der Waals surface area contributed by atoms with E-state index in [1.54, 1.807) is 0 Å². The van der Waals surface area contributed by atoms with Crippen LogP contribution >= 0.6 is 11.6 Å². The van der Waals surface area contributed by atoms with Gasteiger partial charge in [-0.1, -0.05) is 11.6 Å². The molecule has 0 radical (unpaired) electrons. The Morgan fingerprint density at radius 2 is 2.00 bits per heavy atom. The molecular weight excluding hydrogens is 330 g/mol. The van der Waals surface area contributed by atoms with Crippen molar-refractivity contribution in [3.63, 3.8) is 0 Å². The van der Waals surface area contributed by atoms with Crippen LogP contribution in [0.1, 0.15) is 29.6 Å². The Hall–Kier alpha value is -1.60. The van der Waals surface area contributed by atoms with Crippen LogP contribution in [0.3, 0.4) is 0 Å². The average molecular weight is 346 g/mol. The third kappa shape index (κ3) is 4.45. The van der Waals surface area contributed by atoms with Crippen LogP contribution < -0.4 is 5.32 Å². The van der Waals surface area contributed by atoms with Crippen LogP contribution in [-0.4, -0.2) is 37.4 Å². The third-order valence-electron chi connectivity index (χ3n) is 3.54. The molecule has 1 fully saturated rings. The molecule has 0 aliphatic heterocycles. The number of carboxylic acid groups (broad SMARTS) is 1. The molecule has 1 saturated carbocycles. The minimum Gasteiger partial charge on any atom is -0.478 e. The van der Waals surface area contributed by atoms with Crippen molar-refractivity contribution in [2.24, 2.45) is 5.41 Å². The van der Waals surface area contributed by atoms with E-state index in [0.717, 1.165) is 6.26 Å². The number of amides is 1. The number of hydrogen-bond acceptors (Lipinski definition) is 4. The van der Waals surface area contributed by atoms with Crippen molar-refractivity contribution in [1.82, 2.24) is 0 Å². The van der Waals surface area contributed by atoms with Crippen molar-refractivity contribution in [2.75, 3.05) is 17.3 Å². The first kappa shape index (κ1) is 16.8.